The molecule has 1 aromatic carbocycles. The van der Waals surface area contributed by atoms with Crippen LogP contribution in [0, 0.1) is 11.3 Å². The van der Waals surface area contributed by atoms with E-state index in [2.05, 4.69) is 33.1 Å². The number of ether oxygens (including phenoxy) is 1. The van der Waals surface area contributed by atoms with Gasteiger partial charge in [0.05, 0.1) is 18.9 Å². The Morgan fingerprint density at radius 3 is 3.05 bits per heavy atom. The highest BCUT2D eigenvalue weighted by molar-refractivity contribution is 5.43. The topological polar surface area (TPSA) is 62.0 Å². The summed E-state index contributed by atoms with van der Waals surface area (Å²) in [5.74, 6) is 1.77. The highest BCUT2D eigenvalue weighted by atomic mass is 16.5. The van der Waals surface area contributed by atoms with E-state index < -0.39 is 0 Å². The zero-order chi connectivity index (χ0) is 15.0. The van der Waals surface area contributed by atoms with Crippen LogP contribution in [0.1, 0.15) is 24.1 Å². The number of aryl methyl sites for hydroxylation is 1. The zero-order valence-electron chi connectivity index (χ0n) is 12.2. The fraction of sp³-hybridized carbons (Fsp3) is 0.353. The first-order valence-corrected chi connectivity index (χ1v) is 7.52. The molecule has 1 spiro atoms. The number of aromatic nitrogens is 2. The second-order valence-electron chi connectivity index (χ2n) is 5.94. The van der Waals surface area contributed by atoms with Crippen molar-refractivity contribution in [3.63, 3.8) is 0 Å². The molecule has 0 aliphatic carbocycles. The van der Waals surface area contributed by atoms with Crippen molar-refractivity contribution in [2.75, 3.05) is 18.0 Å². The molecule has 22 heavy (non-hydrogen) atoms. The van der Waals surface area contributed by atoms with E-state index in [0.29, 0.717) is 5.69 Å². The molecule has 0 amide bonds. The van der Waals surface area contributed by atoms with Gasteiger partial charge in [-0.2, -0.15) is 5.26 Å². The Hall–Kier alpha value is -2.61. The molecule has 2 aromatic rings. The van der Waals surface area contributed by atoms with E-state index in [0.717, 1.165) is 43.9 Å². The van der Waals surface area contributed by atoms with Crippen LogP contribution in [-0.2, 0) is 6.42 Å². The van der Waals surface area contributed by atoms with E-state index in [-0.39, 0.29) is 5.60 Å². The van der Waals surface area contributed by atoms with Crippen LogP contribution >= 0.6 is 0 Å². The minimum atomic E-state index is -0.140. The quantitative estimate of drug-likeness (QED) is 0.807. The SMILES string of the molecule is N#Cc1cncc(N2CC[C@@]3(CCc4ccccc4O3)C2)n1. The molecule has 5 heteroatoms. The fourth-order valence-electron chi connectivity index (χ4n) is 3.35. The molecular formula is C17H16N4O. The number of hydrogen-bond acceptors (Lipinski definition) is 5. The van der Waals surface area contributed by atoms with Gasteiger partial charge in [-0.1, -0.05) is 18.2 Å². The molecular weight excluding hydrogens is 276 g/mol. The summed E-state index contributed by atoms with van der Waals surface area (Å²) in [6.45, 7) is 1.68. The van der Waals surface area contributed by atoms with Crippen LogP contribution in [0.25, 0.3) is 0 Å². The molecule has 110 valence electrons. The molecule has 1 atom stereocenters. The largest absolute Gasteiger partial charge is 0.485 e. The Morgan fingerprint density at radius 1 is 1.23 bits per heavy atom. The van der Waals surface area contributed by atoms with Crippen LogP contribution in [0.15, 0.2) is 36.7 Å². The highest BCUT2D eigenvalue weighted by Crippen LogP contribution is 2.39. The van der Waals surface area contributed by atoms with Crippen molar-refractivity contribution < 1.29 is 4.74 Å². The van der Waals surface area contributed by atoms with Gasteiger partial charge in [-0.05, 0) is 24.5 Å². The molecule has 2 aliphatic rings. The number of benzene rings is 1. The first-order valence-electron chi connectivity index (χ1n) is 7.52. The summed E-state index contributed by atoms with van der Waals surface area (Å²) in [6.07, 6.45) is 6.25. The van der Waals surface area contributed by atoms with Gasteiger partial charge in [0.15, 0.2) is 5.69 Å². The van der Waals surface area contributed by atoms with Gasteiger partial charge in [0.1, 0.15) is 23.2 Å². The maximum absolute atomic E-state index is 8.96. The summed E-state index contributed by atoms with van der Waals surface area (Å²) >= 11 is 0. The Balaban J connectivity index is 1.57. The summed E-state index contributed by atoms with van der Waals surface area (Å²) in [5, 5.41) is 8.96. The summed E-state index contributed by atoms with van der Waals surface area (Å²) in [4.78, 5) is 10.6. The van der Waals surface area contributed by atoms with Gasteiger partial charge < -0.3 is 9.64 Å². The maximum Gasteiger partial charge on any atom is 0.161 e. The lowest BCUT2D eigenvalue weighted by atomic mass is 9.90. The molecule has 1 aromatic heterocycles. The van der Waals surface area contributed by atoms with Gasteiger partial charge in [-0.25, -0.2) is 4.98 Å². The lowest BCUT2D eigenvalue weighted by Gasteiger charge is -2.35. The average molecular weight is 292 g/mol. The number of para-hydroxylation sites is 1. The Labute approximate surface area is 129 Å². The van der Waals surface area contributed by atoms with Gasteiger partial charge in [0.25, 0.3) is 0 Å². The predicted octanol–water partition coefficient (Wildman–Crippen LogP) is 2.32. The van der Waals surface area contributed by atoms with E-state index in [9.17, 15) is 0 Å². The molecule has 0 saturated carbocycles. The summed E-state index contributed by atoms with van der Waals surface area (Å²) in [5.41, 5.74) is 1.50. The monoisotopic (exact) mass is 292 g/mol. The Bertz CT molecular complexity index is 754. The minimum Gasteiger partial charge on any atom is -0.485 e. The van der Waals surface area contributed by atoms with E-state index in [4.69, 9.17) is 10.00 Å². The van der Waals surface area contributed by atoms with Crippen molar-refractivity contribution in [2.45, 2.75) is 24.9 Å². The molecule has 4 rings (SSSR count). The molecule has 5 nitrogen and oxygen atoms in total. The molecule has 0 unspecified atom stereocenters. The number of fused-ring (bicyclic) bond motifs is 1. The Morgan fingerprint density at radius 2 is 2.14 bits per heavy atom. The van der Waals surface area contributed by atoms with Crippen LogP contribution in [0.4, 0.5) is 5.82 Å². The third-order valence-electron chi connectivity index (χ3n) is 4.53. The number of rotatable bonds is 1. The smallest absolute Gasteiger partial charge is 0.161 e. The van der Waals surface area contributed by atoms with Crippen molar-refractivity contribution in [2.24, 2.45) is 0 Å². The second-order valence-corrected chi connectivity index (χ2v) is 5.94. The van der Waals surface area contributed by atoms with Crippen molar-refractivity contribution in [3.05, 3.63) is 47.9 Å². The first kappa shape index (κ1) is 13.1. The van der Waals surface area contributed by atoms with Crippen molar-refractivity contribution in [1.82, 2.24) is 9.97 Å². The molecule has 2 aliphatic heterocycles. The van der Waals surface area contributed by atoms with Crippen molar-refractivity contribution in [1.29, 1.82) is 5.26 Å². The predicted molar refractivity (Wildman–Crippen MR) is 81.7 cm³/mol. The summed E-state index contributed by atoms with van der Waals surface area (Å²) in [6, 6.07) is 10.3. The van der Waals surface area contributed by atoms with Crippen LogP contribution < -0.4 is 9.64 Å². The second kappa shape index (κ2) is 4.99. The van der Waals surface area contributed by atoms with E-state index in [1.165, 1.54) is 11.8 Å². The summed E-state index contributed by atoms with van der Waals surface area (Å²) in [7, 11) is 0. The lowest BCUT2D eigenvalue weighted by molar-refractivity contribution is 0.0682. The number of anilines is 1. The third kappa shape index (κ3) is 2.17. The highest BCUT2D eigenvalue weighted by Gasteiger charge is 2.43. The average Bonchev–Trinajstić information content (AvgIpc) is 2.98. The number of nitriles is 1. The van der Waals surface area contributed by atoms with Gasteiger partial charge in [0.2, 0.25) is 0 Å². The lowest BCUT2D eigenvalue weighted by Crippen LogP contribution is -2.42. The Kier molecular flexibility index (Phi) is 2.97. The van der Waals surface area contributed by atoms with Gasteiger partial charge in [-0.15, -0.1) is 0 Å². The van der Waals surface area contributed by atoms with Crippen LogP contribution in [-0.4, -0.2) is 28.7 Å². The number of nitrogens with zero attached hydrogens (tertiary/aromatic N) is 4. The van der Waals surface area contributed by atoms with Crippen LogP contribution in [0.5, 0.6) is 5.75 Å². The normalized spacial score (nSPS) is 23.0. The minimum absolute atomic E-state index is 0.140. The summed E-state index contributed by atoms with van der Waals surface area (Å²) < 4.78 is 6.33. The molecule has 0 radical (unpaired) electrons. The van der Waals surface area contributed by atoms with E-state index in [1.54, 1.807) is 6.20 Å². The van der Waals surface area contributed by atoms with Crippen molar-refractivity contribution >= 4 is 5.82 Å². The van der Waals surface area contributed by atoms with E-state index >= 15 is 0 Å². The maximum atomic E-state index is 8.96. The van der Waals surface area contributed by atoms with E-state index in [1.807, 2.05) is 12.1 Å². The molecule has 1 saturated heterocycles. The fourth-order valence-corrected chi connectivity index (χ4v) is 3.35. The molecule has 1 fully saturated rings. The van der Waals surface area contributed by atoms with Gasteiger partial charge >= 0.3 is 0 Å². The zero-order valence-corrected chi connectivity index (χ0v) is 12.2. The first-order chi connectivity index (χ1) is 10.8. The number of hydrogen-bond donors (Lipinski definition) is 0. The molecule has 0 N–H and O–H groups in total. The third-order valence-corrected chi connectivity index (χ3v) is 4.53. The molecule has 0 bridgehead atoms. The standard InChI is InChI=1S/C17H16N4O/c18-9-14-10-19-11-16(20-14)21-8-7-17(12-21)6-5-13-3-1-2-4-15(13)22-17/h1-4,10-11H,5-8,12H2/t17-/m0/s1. The van der Waals surface area contributed by atoms with Crippen molar-refractivity contribution in [3.8, 4) is 11.8 Å². The molecule has 3 heterocycles. The van der Waals surface area contributed by atoms with Gasteiger partial charge in [-0.3, -0.25) is 4.98 Å². The van der Waals surface area contributed by atoms with Crippen LogP contribution in [0.2, 0.25) is 0 Å². The van der Waals surface area contributed by atoms with Gasteiger partial charge in [0, 0.05) is 13.0 Å². The van der Waals surface area contributed by atoms with Crippen LogP contribution in [0.3, 0.4) is 0 Å².